The highest BCUT2D eigenvalue weighted by molar-refractivity contribution is 8.00. The minimum atomic E-state index is -0.884. The molecule has 3 aliphatic heterocycles. The largest absolute Gasteiger partial charge is 0.497 e. The Morgan fingerprint density at radius 2 is 2.02 bits per heavy atom. The number of nitrogens with one attached hydrogen (secondary N) is 1. The van der Waals surface area contributed by atoms with Gasteiger partial charge in [-0.05, 0) is 43.0 Å². The Morgan fingerprint density at radius 3 is 2.65 bits per heavy atom. The molecule has 3 aliphatic rings. The molecule has 3 N–H and O–H groups in total. The van der Waals surface area contributed by atoms with Crippen LogP contribution < -0.4 is 15.8 Å². The molecule has 2 saturated heterocycles. The van der Waals surface area contributed by atoms with E-state index in [2.05, 4.69) is 15.5 Å². The van der Waals surface area contributed by atoms with Gasteiger partial charge in [0, 0.05) is 11.1 Å². The Bertz CT molecular complexity index is 1360. The minimum Gasteiger partial charge on any atom is -0.497 e. The first-order valence-corrected chi connectivity index (χ1v) is 14.5. The van der Waals surface area contributed by atoms with Crippen LogP contribution in [-0.4, -0.2) is 77.0 Å². The number of amides is 2. The maximum atomic E-state index is 13.5. The van der Waals surface area contributed by atoms with Crippen LogP contribution in [0.15, 0.2) is 46.1 Å². The number of carbonyl (C=O) groups excluding carboxylic acids is 3. The number of ether oxygens (including phenoxy) is 3. The molecule has 2 amide bonds. The Balaban J connectivity index is 1.35. The van der Waals surface area contributed by atoms with Gasteiger partial charge in [0.1, 0.15) is 42.3 Å². The topological polar surface area (TPSA) is 155 Å². The van der Waals surface area contributed by atoms with Gasteiger partial charge in [-0.2, -0.15) is 0 Å². The Morgan fingerprint density at radius 1 is 1.25 bits per heavy atom. The number of nitrogens with zero attached hydrogens (tertiary/aromatic N) is 3. The predicted molar refractivity (Wildman–Crippen MR) is 148 cm³/mol. The summed E-state index contributed by atoms with van der Waals surface area (Å²) in [5, 5.41) is 7.83. The molecule has 12 nitrogen and oxygen atoms in total. The van der Waals surface area contributed by atoms with E-state index in [-0.39, 0.29) is 41.0 Å². The lowest BCUT2D eigenvalue weighted by molar-refractivity contribution is -0.153. The van der Waals surface area contributed by atoms with Crippen LogP contribution in [0.25, 0.3) is 0 Å². The van der Waals surface area contributed by atoms with E-state index < -0.39 is 29.2 Å². The SMILES string of the molecule is CO/N=C(\C(=O)N[C@@H]1C(=O)N2C(C(=O)OCc3ccc(OC)cc3)=C([C@H]3CC[C@@H](C)O3)CS[C@H]12)c1csc(N)n1. The molecule has 0 radical (unpaired) electrons. The lowest BCUT2D eigenvalue weighted by Crippen LogP contribution is -2.71. The second kappa shape index (κ2) is 11.9. The van der Waals surface area contributed by atoms with Crippen molar-refractivity contribution >= 4 is 51.7 Å². The van der Waals surface area contributed by atoms with Crippen LogP contribution in [0.4, 0.5) is 5.13 Å². The molecule has 0 unspecified atom stereocenters. The summed E-state index contributed by atoms with van der Waals surface area (Å²) in [7, 11) is 2.88. The van der Waals surface area contributed by atoms with Crippen LogP contribution in [-0.2, 0) is 35.3 Å². The number of oxime groups is 1. The van der Waals surface area contributed by atoms with Gasteiger partial charge >= 0.3 is 5.97 Å². The quantitative estimate of drug-likeness (QED) is 0.193. The summed E-state index contributed by atoms with van der Waals surface area (Å²) in [4.78, 5) is 50.3. The average molecular weight is 588 g/mol. The maximum absolute atomic E-state index is 13.5. The van der Waals surface area contributed by atoms with E-state index >= 15 is 0 Å². The number of nitrogens with two attached hydrogens (primary N) is 1. The van der Waals surface area contributed by atoms with Crippen molar-refractivity contribution in [2.24, 2.45) is 5.16 Å². The Labute approximate surface area is 238 Å². The summed E-state index contributed by atoms with van der Waals surface area (Å²) in [5.74, 6) is -0.544. The van der Waals surface area contributed by atoms with Gasteiger partial charge < -0.3 is 30.1 Å². The summed E-state index contributed by atoms with van der Waals surface area (Å²) in [6, 6.07) is 6.28. The van der Waals surface area contributed by atoms with Gasteiger partial charge in [0.05, 0.1) is 19.3 Å². The molecule has 0 saturated carbocycles. The highest BCUT2D eigenvalue weighted by atomic mass is 32.2. The van der Waals surface area contributed by atoms with E-state index in [1.807, 2.05) is 6.92 Å². The summed E-state index contributed by atoms with van der Waals surface area (Å²) >= 11 is 2.60. The predicted octanol–water partition coefficient (Wildman–Crippen LogP) is 2.05. The van der Waals surface area contributed by atoms with Crippen LogP contribution >= 0.6 is 23.1 Å². The molecule has 2 fully saturated rings. The van der Waals surface area contributed by atoms with E-state index in [1.54, 1.807) is 36.8 Å². The van der Waals surface area contributed by atoms with Crippen LogP contribution in [0, 0.1) is 0 Å². The molecular formula is C26H29N5O7S2. The second-order valence-corrected chi connectivity index (χ2v) is 11.4. The molecule has 5 rings (SSSR count). The zero-order valence-electron chi connectivity index (χ0n) is 22.1. The number of methoxy groups -OCH3 is 1. The van der Waals surface area contributed by atoms with Gasteiger partial charge in [0.25, 0.3) is 11.8 Å². The van der Waals surface area contributed by atoms with E-state index in [4.69, 9.17) is 24.8 Å². The van der Waals surface area contributed by atoms with Gasteiger partial charge in [-0.3, -0.25) is 14.5 Å². The lowest BCUT2D eigenvalue weighted by Gasteiger charge is -2.50. The van der Waals surface area contributed by atoms with Crippen molar-refractivity contribution in [3.05, 3.63) is 52.2 Å². The van der Waals surface area contributed by atoms with Crippen LogP contribution in [0.5, 0.6) is 5.75 Å². The third kappa shape index (κ3) is 5.51. The first kappa shape index (κ1) is 27.9. The number of thioether (sulfide) groups is 1. The summed E-state index contributed by atoms with van der Waals surface area (Å²) < 4.78 is 16.9. The molecule has 212 valence electrons. The molecule has 1 aromatic heterocycles. The van der Waals surface area contributed by atoms with Crippen molar-refractivity contribution in [2.75, 3.05) is 25.7 Å². The second-order valence-electron chi connectivity index (χ2n) is 9.37. The number of fused-ring (bicyclic) bond motifs is 1. The molecule has 4 heterocycles. The molecule has 2 aromatic rings. The van der Waals surface area contributed by atoms with Crippen molar-refractivity contribution in [3.8, 4) is 5.75 Å². The maximum Gasteiger partial charge on any atom is 0.355 e. The monoisotopic (exact) mass is 587 g/mol. The molecular weight excluding hydrogens is 558 g/mol. The van der Waals surface area contributed by atoms with Gasteiger partial charge in [-0.1, -0.05) is 17.3 Å². The molecule has 1 aromatic carbocycles. The first-order valence-electron chi connectivity index (χ1n) is 12.6. The van der Waals surface area contributed by atoms with E-state index in [1.165, 1.54) is 23.8 Å². The van der Waals surface area contributed by atoms with Gasteiger partial charge in [-0.15, -0.1) is 23.1 Å². The van der Waals surface area contributed by atoms with Crippen LogP contribution in [0.1, 0.15) is 31.0 Å². The number of esters is 1. The molecule has 0 spiro atoms. The highest BCUT2D eigenvalue weighted by Crippen LogP contribution is 2.43. The smallest absolute Gasteiger partial charge is 0.355 e. The van der Waals surface area contributed by atoms with E-state index in [0.717, 1.165) is 35.3 Å². The van der Waals surface area contributed by atoms with Gasteiger partial charge in [0.15, 0.2) is 10.8 Å². The number of β-lactam (4-membered cyclic amide) rings is 1. The number of rotatable bonds is 9. The normalized spacial score (nSPS) is 24.3. The number of aromatic nitrogens is 1. The number of carbonyl (C=O) groups is 3. The van der Waals surface area contributed by atoms with Crippen molar-refractivity contribution < 1.29 is 33.4 Å². The minimum absolute atomic E-state index is 0.0230. The zero-order valence-corrected chi connectivity index (χ0v) is 23.8. The fourth-order valence-corrected chi connectivity index (χ4v) is 6.73. The third-order valence-corrected chi connectivity index (χ3v) is 8.77. The molecule has 0 aliphatic carbocycles. The summed E-state index contributed by atoms with van der Waals surface area (Å²) in [5.41, 5.74) is 7.52. The van der Waals surface area contributed by atoms with Gasteiger partial charge in [-0.25, -0.2) is 9.78 Å². The number of benzene rings is 1. The molecule has 14 heteroatoms. The fraction of sp³-hybridized carbons (Fsp3) is 0.423. The van der Waals surface area contributed by atoms with Crippen LogP contribution in [0.2, 0.25) is 0 Å². The Hall–Kier alpha value is -3.62. The number of hydrogen-bond donors (Lipinski definition) is 2. The number of anilines is 1. The highest BCUT2D eigenvalue weighted by Gasteiger charge is 2.55. The lowest BCUT2D eigenvalue weighted by atomic mass is 9.99. The summed E-state index contributed by atoms with van der Waals surface area (Å²) in [6.45, 7) is 2.01. The van der Waals surface area contributed by atoms with E-state index in [0.29, 0.717) is 11.5 Å². The zero-order chi connectivity index (χ0) is 28.4. The van der Waals surface area contributed by atoms with Crippen molar-refractivity contribution in [1.29, 1.82) is 0 Å². The first-order chi connectivity index (χ1) is 19.3. The number of nitrogen functional groups attached to an aromatic ring is 1. The fourth-order valence-electron chi connectivity index (χ4n) is 4.78. The van der Waals surface area contributed by atoms with E-state index in [9.17, 15) is 14.4 Å². The van der Waals surface area contributed by atoms with Crippen molar-refractivity contribution in [3.63, 3.8) is 0 Å². The van der Waals surface area contributed by atoms with Crippen LogP contribution in [0.3, 0.4) is 0 Å². The molecule has 40 heavy (non-hydrogen) atoms. The number of hydrogen-bond acceptors (Lipinski definition) is 12. The standard InChI is InChI=1S/C26H29N5O7S2/c1-13-4-9-18(38-13)16-11-39-24-20(29-22(32)19(30-36-3)17-12-40-26(27)28-17)23(33)31(24)21(16)25(34)37-10-14-5-7-15(35-2)8-6-14/h5-8,12-13,18,20,24H,4,9-11H2,1-3H3,(H2,27,28)(H,29,32)/b30-19-/t13-,18-,20-,24-/m1/s1. The average Bonchev–Trinajstić information content (AvgIpc) is 3.60. The number of thiazole rings is 1. The molecule has 0 bridgehead atoms. The van der Waals surface area contributed by atoms with Crippen molar-refractivity contribution in [1.82, 2.24) is 15.2 Å². The van der Waals surface area contributed by atoms with Crippen molar-refractivity contribution in [2.45, 2.75) is 50.0 Å². The summed E-state index contributed by atoms with van der Waals surface area (Å²) in [6.07, 6.45) is 1.36. The van der Waals surface area contributed by atoms with Gasteiger partial charge in [0.2, 0.25) is 0 Å². The Kier molecular flexibility index (Phi) is 8.28. The third-order valence-electron chi connectivity index (χ3n) is 6.79. The molecule has 4 atom stereocenters.